The maximum absolute atomic E-state index is 13.1. The third-order valence-corrected chi connectivity index (χ3v) is 6.21. The topological polar surface area (TPSA) is 76.2 Å². The average molecular weight is 370 g/mol. The molecule has 0 bridgehead atoms. The number of carbonyl (C=O) groups excluding carboxylic acids is 3. The molecule has 0 radical (unpaired) electrons. The van der Waals surface area contributed by atoms with Gasteiger partial charge in [0.15, 0.2) is 5.79 Å². The molecule has 3 fully saturated rings. The van der Waals surface area contributed by atoms with Crippen LogP contribution in [0.25, 0.3) is 0 Å². The second-order valence-electron chi connectivity index (χ2n) is 7.90. The molecule has 4 aliphatic rings. The van der Waals surface area contributed by atoms with Crippen LogP contribution in [0.4, 0.5) is 0 Å². The van der Waals surface area contributed by atoms with Gasteiger partial charge in [0.2, 0.25) is 5.91 Å². The standard InChI is InChI=1S/C20H22N2O5/c1-12-10-20(26-7-4-8-27-20)11-13-9-16(19(25)21(12)13)22-17(23)14-5-2-3-6-15(14)18(22)24/h2-3,5-6,12-13,16H,4,7-11H2,1H3/t12-,13+,16+/m1/s1. The summed E-state index contributed by atoms with van der Waals surface area (Å²) in [5, 5.41) is 0. The molecule has 7 nitrogen and oxygen atoms in total. The lowest BCUT2D eigenvalue weighted by molar-refractivity contribution is -0.293. The molecular formula is C20H22N2O5. The van der Waals surface area contributed by atoms with E-state index in [9.17, 15) is 14.4 Å². The molecule has 1 aromatic carbocycles. The van der Waals surface area contributed by atoms with Gasteiger partial charge in [-0.25, -0.2) is 0 Å². The predicted octanol–water partition coefficient (Wildman–Crippen LogP) is 1.57. The molecule has 1 spiro atoms. The van der Waals surface area contributed by atoms with Crippen LogP contribution in [-0.2, 0) is 14.3 Å². The Labute approximate surface area is 157 Å². The lowest BCUT2D eigenvalue weighted by Crippen LogP contribution is -2.57. The second kappa shape index (κ2) is 5.87. The van der Waals surface area contributed by atoms with E-state index in [0.717, 1.165) is 11.3 Å². The van der Waals surface area contributed by atoms with Gasteiger partial charge < -0.3 is 14.4 Å². The lowest BCUT2D eigenvalue weighted by atomic mass is 9.90. The van der Waals surface area contributed by atoms with Gasteiger partial charge in [0, 0.05) is 24.9 Å². The maximum atomic E-state index is 13.1. The van der Waals surface area contributed by atoms with Crippen molar-refractivity contribution in [1.29, 1.82) is 0 Å². The van der Waals surface area contributed by atoms with E-state index in [0.29, 0.717) is 43.6 Å². The minimum absolute atomic E-state index is 0.0606. The summed E-state index contributed by atoms with van der Waals surface area (Å²) in [5.41, 5.74) is 0.757. The first kappa shape index (κ1) is 16.9. The summed E-state index contributed by atoms with van der Waals surface area (Å²) in [6.07, 6.45) is 2.51. The highest BCUT2D eigenvalue weighted by Crippen LogP contribution is 2.43. The summed E-state index contributed by atoms with van der Waals surface area (Å²) < 4.78 is 11.9. The van der Waals surface area contributed by atoms with Crippen molar-refractivity contribution < 1.29 is 23.9 Å². The number of benzene rings is 1. The highest BCUT2D eigenvalue weighted by atomic mass is 16.7. The Balaban J connectivity index is 1.43. The minimum atomic E-state index is -0.747. The molecule has 3 atom stereocenters. The Morgan fingerprint density at radius 3 is 2.26 bits per heavy atom. The number of carbonyl (C=O) groups is 3. The summed E-state index contributed by atoms with van der Waals surface area (Å²) in [5.74, 6) is -1.54. The molecule has 0 aliphatic carbocycles. The van der Waals surface area contributed by atoms with Gasteiger partial charge in [0.1, 0.15) is 6.04 Å². The highest BCUT2D eigenvalue weighted by Gasteiger charge is 2.56. The monoisotopic (exact) mass is 370 g/mol. The highest BCUT2D eigenvalue weighted by molar-refractivity contribution is 6.23. The van der Waals surface area contributed by atoms with Crippen molar-refractivity contribution in [3.8, 4) is 0 Å². The molecule has 3 saturated heterocycles. The van der Waals surface area contributed by atoms with Gasteiger partial charge in [0.25, 0.3) is 11.8 Å². The molecule has 4 heterocycles. The van der Waals surface area contributed by atoms with Crippen LogP contribution in [0, 0.1) is 0 Å². The van der Waals surface area contributed by atoms with Crippen molar-refractivity contribution >= 4 is 17.7 Å². The summed E-state index contributed by atoms with van der Waals surface area (Å²) in [6.45, 7) is 3.31. The third kappa shape index (κ3) is 2.38. The van der Waals surface area contributed by atoms with Gasteiger partial charge in [-0.1, -0.05) is 12.1 Å². The first-order valence-electron chi connectivity index (χ1n) is 9.58. The maximum Gasteiger partial charge on any atom is 0.262 e. The fourth-order valence-electron chi connectivity index (χ4n) is 5.13. The number of imide groups is 1. The summed E-state index contributed by atoms with van der Waals surface area (Å²) in [7, 11) is 0. The average Bonchev–Trinajstić information content (AvgIpc) is 3.10. The number of ether oxygens (including phenoxy) is 2. The van der Waals surface area contributed by atoms with Crippen LogP contribution in [0.3, 0.4) is 0 Å². The van der Waals surface area contributed by atoms with E-state index in [-0.39, 0.29) is 29.8 Å². The van der Waals surface area contributed by atoms with Gasteiger partial charge in [-0.05, 0) is 31.9 Å². The fourth-order valence-corrected chi connectivity index (χ4v) is 5.13. The van der Waals surface area contributed by atoms with Crippen molar-refractivity contribution in [2.24, 2.45) is 0 Å². The molecule has 0 N–H and O–H groups in total. The lowest BCUT2D eigenvalue weighted by Gasteiger charge is -2.48. The quantitative estimate of drug-likeness (QED) is 0.702. The number of amides is 3. The summed E-state index contributed by atoms with van der Waals surface area (Å²) in [6, 6.07) is 5.85. The van der Waals surface area contributed by atoms with Crippen LogP contribution >= 0.6 is 0 Å². The number of rotatable bonds is 1. The van der Waals surface area contributed by atoms with Gasteiger partial charge in [-0.15, -0.1) is 0 Å². The van der Waals surface area contributed by atoms with E-state index >= 15 is 0 Å². The predicted molar refractivity (Wildman–Crippen MR) is 93.9 cm³/mol. The first-order chi connectivity index (χ1) is 13.0. The Morgan fingerprint density at radius 2 is 1.63 bits per heavy atom. The molecule has 27 heavy (non-hydrogen) atoms. The third-order valence-electron chi connectivity index (χ3n) is 6.21. The zero-order valence-electron chi connectivity index (χ0n) is 15.2. The SMILES string of the molecule is C[C@@H]1CC2(C[C@@H]3C[C@H](N4C(=O)c5ccccc5C4=O)C(=O)N31)OCCCO2. The van der Waals surface area contributed by atoms with Gasteiger partial charge in [-0.3, -0.25) is 19.3 Å². The summed E-state index contributed by atoms with van der Waals surface area (Å²) >= 11 is 0. The zero-order chi connectivity index (χ0) is 18.8. The molecule has 5 rings (SSSR count). The second-order valence-corrected chi connectivity index (χ2v) is 7.90. The van der Waals surface area contributed by atoms with E-state index in [4.69, 9.17) is 9.47 Å². The normalized spacial score (nSPS) is 32.2. The largest absolute Gasteiger partial charge is 0.350 e. The molecular weight excluding hydrogens is 348 g/mol. The number of nitrogens with zero attached hydrogens (tertiary/aromatic N) is 2. The van der Waals surface area contributed by atoms with E-state index in [2.05, 4.69) is 0 Å². The van der Waals surface area contributed by atoms with Crippen molar-refractivity contribution in [3.63, 3.8) is 0 Å². The minimum Gasteiger partial charge on any atom is -0.350 e. The van der Waals surface area contributed by atoms with E-state index in [1.807, 2.05) is 11.8 Å². The van der Waals surface area contributed by atoms with Gasteiger partial charge in [-0.2, -0.15) is 0 Å². The Morgan fingerprint density at radius 1 is 1.00 bits per heavy atom. The van der Waals surface area contributed by atoms with Crippen molar-refractivity contribution in [2.75, 3.05) is 13.2 Å². The van der Waals surface area contributed by atoms with Crippen LogP contribution in [0.15, 0.2) is 24.3 Å². The number of piperidine rings is 1. The number of hydrogen-bond donors (Lipinski definition) is 0. The van der Waals surface area contributed by atoms with Gasteiger partial charge >= 0.3 is 0 Å². The molecule has 4 aliphatic heterocycles. The molecule has 7 heteroatoms. The molecule has 0 aromatic heterocycles. The van der Waals surface area contributed by atoms with Crippen LogP contribution in [0.2, 0.25) is 0 Å². The molecule has 142 valence electrons. The number of fused-ring (bicyclic) bond motifs is 2. The summed E-state index contributed by atoms with van der Waals surface area (Å²) in [4.78, 5) is 41.8. The van der Waals surface area contributed by atoms with Gasteiger partial charge in [0.05, 0.1) is 24.3 Å². The van der Waals surface area contributed by atoms with Crippen LogP contribution in [0.1, 0.15) is 53.3 Å². The van der Waals surface area contributed by atoms with E-state index < -0.39 is 11.8 Å². The van der Waals surface area contributed by atoms with Crippen LogP contribution in [0.5, 0.6) is 0 Å². The van der Waals surface area contributed by atoms with Crippen molar-refractivity contribution in [2.45, 2.75) is 56.5 Å². The smallest absolute Gasteiger partial charge is 0.262 e. The fraction of sp³-hybridized carbons (Fsp3) is 0.550. The van der Waals surface area contributed by atoms with Crippen LogP contribution < -0.4 is 0 Å². The van der Waals surface area contributed by atoms with Crippen molar-refractivity contribution in [3.05, 3.63) is 35.4 Å². The van der Waals surface area contributed by atoms with E-state index in [1.165, 1.54) is 0 Å². The number of hydrogen-bond acceptors (Lipinski definition) is 5. The van der Waals surface area contributed by atoms with Crippen LogP contribution in [-0.4, -0.2) is 64.6 Å². The first-order valence-corrected chi connectivity index (χ1v) is 9.58. The van der Waals surface area contributed by atoms with Crippen molar-refractivity contribution in [1.82, 2.24) is 9.80 Å². The Bertz CT molecular complexity index is 796. The molecule has 3 amide bonds. The van der Waals surface area contributed by atoms with E-state index in [1.54, 1.807) is 24.3 Å². The molecule has 0 unspecified atom stereocenters. The Hall–Kier alpha value is -2.25. The Kier molecular flexibility index (Phi) is 3.67. The zero-order valence-corrected chi connectivity index (χ0v) is 15.2. The molecule has 1 aromatic rings. The molecule has 0 saturated carbocycles.